The summed E-state index contributed by atoms with van der Waals surface area (Å²) in [4.78, 5) is 10.9. The first-order chi connectivity index (χ1) is 11.4. The lowest BCUT2D eigenvalue weighted by Gasteiger charge is -2.38. The summed E-state index contributed by atoms with van der Waals surface area (Å²) in [5, 5.41) is 9.30. The van der Waals surface area contributed by atoms with Crippen LogP contribution in [0.5, 0.6) is 0 Å². The van der Waals surface area contributed by atoms with E-state index in [0.717, 1.165) is 5.32 Å². The minimum Gasteiger partial charge on any atom is -0.396 e. The third-order valence-corrected chi connectivity index (χ3v) is 3.03. The number of aliphatic hydroxyl groups is 1. The third kappa shape index (κ3) is 3.81. The molecule has 0 saturated carbocycles. The van der Waals surface area contributed by atoms with Crippen LogP contribution in [0.3, 0.4) is 0 Å². The van der Waals surface area contributed by atoms with Crippen molar-refractivity contribution >= 4 is 5.91 Å². The van der Waals surface area contributed by atoms with Crippen LogP contribution in [-0.2, 0) is 4.79 Å². The van der Waals surface area contributed by atoms with E-state index in [1.807, 2.05) is 0 Å². The number of rotatable bonds is 10. The van der Waals surface area contributed by atoms with E-state index in [0.29, 0.717) is 0 Å². The summed E-state index contributed by atoms with van der Waals surface area (Å²) in [6.45, 7) is -1.42. The molecule has 0 aromatic rings. The molecular weight excluding hydrogens is 406 g/mol. The molecule has 0 heterocycles. The van der Waals surface area contributed by atoms with Crippen LogP contribution in [0.15, 0.2) is 0 Å². The first kappa shape index (κ1) is 24.6. The average Bonchev–Trinajstić information content (AvgIpc) is 2.50. The van der Waals surface area contributed by atoms with Crippen LogP contribution in [0.1, 0.15) is 12.8 Å². The quantitative estimate of drug-likeness (QED) is 0.424. The van der Waals surface area contributed by atoms with Crippen molar-refractivity contribution in [2.24, 2.45) is 0 Å². The van der Waals surface area contributed by atoms with Gasteiger partial charge in [0.25, 0.3) is 5.91 Å². The summed E-state index contributed by atoms with van der Waals surface area (Å²) in [6, 6.07) is 0. The zero-order valence-electron chi connectivity index (χ0n) is 12.3. The lowest BCUT2D eigenvalue weighted by molar-refractivity contribution is -0.407. The fraction of sp³-hybridized carbons (Fsp3) is 0.909. The predicted octanol–water partition coefficient (Wildman–Crippen LogP) is 3.32. The molecule has 0 fully saturated rings. The van der Waals surface area contributed by atoms with Gasteiger partial charge in [-0.15, -0.1) is 0 Å². The highest BCUT2D eigenvalue weighted by molar-refractivity contribution is 5.84. The minimum atomic E-state index is -7.73. The van der Waals surface area contributed by atoms with Crippen LogP contribution in [0.2, 0.25) is 0 Å². The molecule has 0 radical (unpaired) electrons. The Morgan fingerprint density at radius 3 is 1.65 bits per heavy atom. The first-order valence-corrected chi connectivity index (χ1v) is 6.49. The highest BCUT2D eigenvalue weighted by atomic mass is 19.4. The van der Waals surface area contributed by atoms with Crippen LogP contribution in [0.25, 0.3) is 0 Å². The Morgan fingerprint density at radius 2 is 1.27 bits per heavy atom. The molecule has 1 amide bonds. The van der Waals surface area contributed by atoms with Gasteiger partial charge in [-0.2, -0.15) is 43.9 Å². The normalized spacial score (nSPS) is 14.7. The average molecular weight is 417 g/mol. The van der Waals surface area contributed by atoms with Crippen molar-refractivity contribution in [1.29, 1.82) is 0 Å². The highest BCUT2D eigenvalue weighted by Crippen LogP contribution is 2.58. The van der Waals surface area contributed by atoms with E-state index in [1.165, 1.54) is 0 Å². The highest BCUT2D eigenvalue weighted by Gasteiger charge is 2.89. The molecule has 0 aromatic carbocycles. The van der Waals surface area contributed by atoms with E-state index in [1.54, 1.807) is 0 Å². The number of unbranched alkanes of at least 4 members (excludes halogenated alkanes) is 1. The molecular formula is C11H11F12NO2. The largest absolute Gasteiger partial charge is 0.396 e. The molecule has 0 unspecified atom stereocenters. The number of alkyl halides is 12. The molecule has 0 atom stereocenters. The maximum Gasteiger partial charge on any atom is 0.392 e. The minimum absolute atomic E-state index is 0.156. The summed E-state index contributed by atoms with van der Waals surface area (Å²) < 4.78 is 154. The summed E-state index contributed by atoms with van der Waals surface area (Å²) >= 11 is 0. The third-order valence-electron chi connectivity index (χ3n) is 3.03. The lowest BCUT2D eigenvalue weighted by atomic mass is 9.94. The van der Waals surface area contributed by atoms with Gasteiger partial charge in [0.15, 0.2) is 0 Å². The number of halogens is 12. The fourth-order valence-electron chi connectivity index (χ4n) is 1.43. The summed E-state index contributed by atoms with van der Waals surface area (Å²) in [7, 11) is 0. The van der Waals surface area contributed by atoms with Crippen molar-refractivity contribution in [2.45, 2.75) is 48.9 Å². The summed E-state index contributed by atoms with van der Waals surface area (Å²) in [5.74, 6) is -39.8. The van der Waals surface area contributed by atoms with Crippen LogP contribution in [0.4, 0.5) is 52.7 Å². The summed E-state index contributed by atoms with van der Waals surface area (Å²) in [6.07, 6.45) is -6.07. The summed E-state index contributed by atoms with van der Waals surface area (Å²) in [5.41, 5.74) is 0. The lowest BCUT2D eigenvalue weighted by Crippen LogP contribution is -2.70. The molecule has 3 nitrogen and oxygen atoms in total. The number of nitrogens with one attached hydrogen (secondary N) is 1. The zero-order chi connectivity index (χ0) is 21.2. The van der Waals surface area contributed by atoms with Gasteiger partial charge in [0.1, 0.15) is 0 Å². The molecule has 2 N–H and O–H groups in total. The molecule has 0 rings (SSSR count). The number of hydrogen-bond donors (Lipinski definition) is 2. The van der Waals surface area contributed by atoms with Gasteiger partial charge in [0, 0.05) is 13.2 Å². The van der Waals surface area contributed by atoms with Crippen LogP contribution < -0.4 is 5.32 Å². The van der Waals surface area contributed by atoms with Gasteiger partial charge in [0.05, 0.1) is 0 Å². The number of amides is 1. The molecule has 0 aliphatic carbocycles. The number of hydrogen-bond acceptors (Lipinski definition) is 2. The van der Waals surface area contributed by atoms with Crippen LogP contribution in [-0.4, -0.2) is 60.2 Å². The van der Waals surface area contributed by atoms with Crippen LogP contribution in [0, 0.1) is 0 Å². The van der Waals surface area contributed by atoms with E-state index in [-0.39, 0.29) is 12.8 Å². The molecule has 0 spiro atoms. The second-order valence-electron chi connectivity index (χ2n) is 4.91. The molecule has 0 bridgehead atoms. The van der Waals surface area contributed by atoms with Crippen molar-refractivity contribution in [1.82, 2.24) is 5.32 Å². The molecule has 0 saturated heterocycles. The van der Waals surface area contributed by atoms with E-state index < -0.39 is 55.1 Å². The van der Waals surface area contributed by atoms with Crippen molar-refractivity contribution in [3.63, 3.8) is 0 Å². The topological polar surface area (TPSA) is 49.3 Å². The fourth-order valence-corrected chi connectivity index (χ4v) is 1.43. The van der Waals surface area contributed by atoms with Gasteiger partial charge >= 0.3 is 36.0 Å². The SMILES string of the molecule is O=C(NCCCCO)C(F)(F)C(F)(F)C(F)(F)C(F)(F)C(F)(F)C(F)F. The Labute approximate surface area is 137 Å². The second kappa shape index (κ2) is 7.68. The molecule has 0 aliphatic rings. The van der Waals surface area contributed by atoms with Crippen molar-refractivity contribution < 1.29 is 62.6 Å². The van der Waals surface area contributed by atoms with Gasteiger partial charge in [-0.25, -0.2) is 8.78 Å². The van der Waals surface area contributed by atoms with E-state index in [9.17, 15) is 57.5 Å². The number of carbonyl (C=O) groups is 1. The predicted molar refractivity (Wildman–Crippen MR) is 60.1 cm³/mol. The number of carbonyl (C=O) groups excluding carboxylic acids is 1. The van der Waals surface area contributed by atoms with E-state index in [2.05, 4.69) is 0 Å². The number of aliphatic hydroxyl groups excluding tert-OH is 1. The van der Waals surface area contributed by atoms with Gasteiger partial charge in [-0.1, -0.05) is 0 Å². The smallest absolute Gasteiger partial charge is 0.392 e. The van der Waals surface area contributed by atoms with Crippen molar-refractivity contribution in [3.05, 3.63) is 0 Å². The van der Waals surface area contributed by atoms with Gasteiger partial charge in [0.2, 0.25) is 0 Å². The zero-order valence-corrected chi connectivity index (χ0v) is 12.3. The van der Waals surface area contributed by atoms with Crippen molar-refractivity contribution in [2.75, 3.05) is 13.2 Å². The van der Waals surface area contributed by atoms with Gasteiger partial charge in [-0.3, -0.25) is 4.79 Å². The Balaban J connectivity index is 5.77. The molecule has 0 aliphatic heterocycles. The molecule has 15 heteroatoms. The van der Waals surface area contributed by atoms with Crippen LogP contribution >= 0.6 is 0 Å². The molecule has 0 aromatic heterocycles. The molecule has 26 heavy (non-hydrogen) atoms. The van der Waals surface area contributed by atoms with E-state index in [4.69, 9.17) is 5.11 Å². The van der Waals surface area contributed by atoms with Crippen molar-refractivity contribution in [3.8, 4) is 0 Å². The van der Waals surface area contributed by atoms with E-state index >= 15 is 0 Å². The maximum atomic E-state index is 13.3. The van der Waals surface area contributed by atoms with Gasteiger partial charge < -0.3 is 10.4 Å². The Hall–Kier alpha value is -1.41. The maximum absolute atomic E-state index is 13.3. The van der Waals surface area contributed by atoms with Gasteiger partial charge in [-0.05, 0) is 12.8 Å². The monoisotopic (exact) mass is 417 g/mol. The Morgan fingerprint density at radius 1 is 0.808 bits per heavy atom. The first-order valence-electron chi connectivity index (χ1n) is 6.49. The second-order valence-corrected chi connectivity index (χ2v) is 4.91. The Kier molecular flexibility index (Phi) is 7.26. The Bertz CT molecular complexity index is 494. The standard InChI is InChI=1S/C11H11F12NO2/c12-5(13)7(14,15)9(18,19)11(22,23)10(20,21)8(16,17)6(26)24-3-1-2-4-25/h5,25H,1-4H2,(H,24,26). The molecule has 156 valence electrons.